The molecule has 6 heteroatoms. The first-order chi connectivity index (χ1) is 10.7. The van der Waals surface area contributed by atoms with Crippen molar-refractivity contribution in [2.75, 3.05) is 6.54 Å². The molecule has 0 radical (unpaired) electrons. The molecular formula is C16H16N4O2. The summed E-state index contributed by atoms with van der Waals surface area (Å²) in [5, 5.41) is 12.0. The Morgan fingerprint density at radius 1 is 1.45 bits per heavy atom. The molecule has 1 N–H and O–H groups in total. The highest BCUT2D eigenvalue weighted by Gasteiger charge is 2.33. The largest absolute Gasteiger partial charge is 0.361 e. The molecule has 4 rings (SSSR count). The Labute approximate surface area is 127 Å². The average Bonchev–Trinajstić information content (AvgIpc) is 3.25. The summed E-state index contributed by atoms with van der Waals surface area (Å²) in [4.78, 5) is 14.9. The Bertz CT molecular complexity index is 835. The van der Waals surface area contributed by atoms with E-state index < -0.39 is 0 Å². The van der Waals surface area contributed by atoms with Crippen molar-refractivity contribution in [3.05, 3.63) is 47.5 Å². The Morgan fingerprint density at radius 2 is 2.36 bits per heavy atom. The van der Waals surface area contributed by atoms with Crippen molar-refractivity contribution in [1.82, 2.24) is 20.3 Å². The maximum Gasteiger partial charge on any atom is 0.256 e. The van der Waals surface area contributed by atoms with Crippen molar-refractivity contribution >= 4 is 16.8 Å². The molecule has 1 saturated heterocycles. The third-order valence-electron chi connectivity index (χ3n) is 4.21. The third kappa shape index (κ3) is 1.99. The normalized spacial score (nSPS) is 18.2. The van der Waals surface area contributed by atoms with Crippen LogP contribution in [0.2, 0.25) is 0 Å². The number of aromatic amines is 1. The molecule has 0 spiro atoms. The smallest absolute Gasteiger partial charge is 0.256 e. The van der Waals surface area contributed by atoms with Crippen LogP contribution in [0, 0.1) is 6.92 Å². The summed E-state index contributed by atoms with van der Waals surface area (Å²) in [6.45, 7) is 2.60. The molecule has 112 valence electrons. The van der Waals surface area contributed by atoms with Gasteiger partial charge in [0.2, 0.25) is 0 Å². The lowest BCUT2D eigenvalue weighted by Gasteiger charge is -2.23. The molecule has 0 bridgehead atoms. The first-order valence-electron chi connectivity index (χ1n) is 7.40. The second-order valence-electron chi connectivity index (χ2n) is 5.66. The molecule has 1 aromatic carbocycles. The Hall–Kier alpha value is -2.63. The van der Waals surface area contributed by atoms with E-state index >= 15 is 0 Å². The second-order valence-corrected chi connectivity index (χ2v) is 5.66. The van der Waals surface area contributed by atoms with Crippen LogP contribution in [0.1, 0.15) is 40.7 Å². The van der Waals surface area contributed by atoms with E-state index in [1.54, 1.807) is 6.20 Å². The summed E-state index contributed by atoms with van der Waals surface area (Å²) < 4.78 is 5.16. The van der Waals surface area contributed by atoms with Gasteiger partial charge in [0.1, 0.15) is 11.5 Å². The van der Waals surface area contributed by atoms with Crippen molar-refractivity contribution in [1.29, 1.82) is 0 Å². The number of aromatic nitrogens is 3. The van der Waals surface area contributed by atoms with Crippen molar-refractivity contribution in [2.45, 2.75) is 25.8 Å². The van der Waals surface area contributed by atoms with Crippen LogP contribution >= 0.6 is 0 Å². The minimum atomic E-state index is -0.0110. The van der Waals surface area contributed by atoms with Gasteiger partial charge in [0, 0.05) is 18.0 Å². The summed E-state index contributed by atoms with van der Waals surface area (Å²) in [5.41, 5.74) is 2.27. The SMILES string of the molecule is Cc1cc(C2CCCN2C(=O)c2cccc3cn[nH]c23)no1. The van der Waals surface area contributed by atoms with E-state index in [9.17, 15) is 4.79 Å². The van der Waals surface area contributed by atoms with Crippen LogP contribution in [-0.2, 0) is 0 Å². The summed E-state index contributed by atoms with van der Waals surface area (Å²) in [7, 11) is 0. The molecule has 0 saturated carbocycles. The Kier molecular flexibility index (Phi) is 2.96. The molecule has 1 aliphatic rings. The number of aryl methyl sites for hydroxylation is 1. The molecule has 1 amide bonds. The molecule has 3 aromatic rings. The summed E-state index contributed by atoms with van der Waals surface area (Å²) in [6.07, 6.45) is 3.62. The van der Waals surface area contributed by atoms with Crippen LogP contribution in [0.15, 0.2) is 35.0 Å². The molecule has 3 heterocycles. The first-order valence-corrected chi connectivity index (χ1v) is 7.40. The zero-order valence-corrected chi connectivity index (χ0v) is 12.2. The molecule has 1 aliphatic heterocycles. The number of hydrogen-bond acceptors (Lipinski definition) is 4. The van der Waals surface area contributed by atoms with E-state index in [1.165, 1.54) is 0 Å². The highest BCUT2D eigenvalue weighted by molar-refractivity contribution is 6.05. The number of amides is 1. The second kappa shape index (κ2) is 4.98. The average molecular weight is 296 g/mol. The highest BCUT2D eigenvalue weighted by atomic mass is 16.5. The fourth-order valence-corrected chi connectivity index (χ4v) is 3.16. The number of carbonyl (C=O) groups is 1. The highest BCUT2D eigenvalue weighted by Crippen LogP contribution is 2.33. The monoisotopic (exact) mass is 296 g/mol. The molecule has 1 unspecified atom stereocenters. The quantitative estimate of drug-likeness (QED) is 0.789. The molecule has 0 aliphatic carbocycles. The van der Waals surface area contributed by atoms with Crippen molar-refractivity contribution in [3.8, 4) is 0 Å². The number of nitrogens with one attached hydrogen (secondary N) is 1. The fraction of sp³-hybridized carbons (Fsp3) is 0.312. The van der Waals surface area contributed by atoms with Gasteiger partial charge in [-0.05, 0) is 25.8 Å². The van der Waals surface area contributed by atoms with Crippen LogP contribution in [0.5, 0.6) is 0 Å². The van der Waals surface area contributed by atoms with E-state index in [1.807, 2.05) is 36.1 Å². The molecule has 2 aromatic heterocycles. The summed E-state index contributed by atoms with van der Waals surface area (Å²) in [5.74, 6) is 0.781. The van der Waals surface area contributed by atoms with Gasteiger partial charge in [-0.3, -0.25) is 9.89 Å². The van der Waals surface area contributed by atoms with Crippen LogP contribution in [0.25, 0.3) is 10.9 Å². The van der Waals surface area contributed by atoms with Gasteiger partial charge in [0.05, 0.1) is 23.3 Å². The topological polar surface area (TPSA) is 75.0 Å². The predicted octanol–water partition coefficient (Wildman–Crippen LogP) is 2.84. The van der Waals surface area contributed by atoms with Gasteiger partial charge >= 0.3 is 0 Å². The van der Waals surface area contributed by atoms with Gasteiger partial charge < -0.3 is 9.42 Å². The number of H-pyrrole nitrogens is 1. The van der Waals surface area contributed by atoms with E-state index in [4.69, 9.17) is 4.52 Å². The minimum Gasteiger partial charge on any atom is -0.361 e. The minimum absolute atomic E-state index is 0.0110. The van der Waals surface area contributed by atoms with E-state index in [-0.39, 0.29) is 11.9 Å². The Morgan fingerprint density at radius 3 is 3.18 bits per heavy atom. The van der Waals surface area contributed by atoms with E-state index in [0.29, 0.717) is 5.56 Å². The van der Waals surface area contributed by atoms with Gasteiger partial charge in [-0.25, -0.2) is 0 Å². The lowest BCUT2D eigenvalue weighted by atomic mass is 10.1. The number of nitrogens with zero attached hydrogens (tertiary/aromatic N) is 3. The number of hydrogen-bond donors (Lipinski definition) is 1. The predicted molar refractivity (Wildman–Crippen MR) is 80.3 cm³/mol. The molecule has 1 atom stereocenters. The van der Waals surface area contributed by atoms with Crippen molar-refractivity contribution in [3.63, 3.8) is 0 Å². The van der Waals surface area contributed by atoms with Crippen LogP contribution < -0.4 is 0 Å². The number of fused-ring (bicyclic) bond motifs is 1. The van der Waals surface area contributed by atoms with E-state index in [2.05, 4.69) is 15.4 Å². The lowest BCUT2D eigenvalue weighted by molar-refractivity contribution is 0.0732. The lowest BCUT2D eigenvalue weighted by Crippen LogP contribution is -2.30. The maximum atomic E-state index is 13.0. The number of likely N-dealkylation sites (tertiary alicyclic amines) is 1. The standard InChI is InChI=1S/C16H16N4O2/c1-10-8-13(19-22-10)14-6-3-7-20(14)16(21)12-5-2-4-11-9-17-18-15(11)12/h2,4-5,8-9,14H,3,6-7H2,1H3,(H,17,18). The molecule has 1 fully saturated rings. The molecular weight excluding hydrogens is 280 g/mol. The first kappa shape index (κ1) is 13.1. The zero-order valence-electron chi connectivity index (χ0n) is 12.2. The van der Waals surface area contributed by atoms with Crippen LogP contribution in [0.4, 0.5) is 0 Å². The number of carbonyl (C=O) groups excluding carboxylic acids is 1. The number of para-hydroxylation sites is 1. The van der Waals surface area contributed by atoms with Gasteiger partial charge in [-0.1, -0.05) is 17.3 Å². The molecule has 22 heavy (non-hydrogen) atoms. The van der Waals surface area contributed by atoms with Crippen molar-refractivity contribution < 1.29 is 9.32 Å². The Balaban J connectivity index is 1.71. The van der Waals surface area contributed by atoms with Crippen LogP contribution in [0.3, 0.4) is 0 Å². The maximum absolute atomic E-state index is 13.0. The van der Waals surface area contributed by atoms with E-state index in [0.717, 1.165) is 41.7 Å². The van der Waals surface area contributed by atoms with Gasteiger partial charge in [0.15, 0.2) is 0 Å². The van der Waals surface area contributed by atoms with Gasteiger partial charge in [-0.15, -0.1) is 0 Å². The molecule has 6 nitrogen and oxygen atoms in total. The van der Waals surface area contributed by atoms with Gasteiger partial charge in [-0.2, -0.15) is 5.10 Å². The zero-order chi connectivity index (χ0) is 15.1. The number of rotatable bonds is 2. The third-order valence-corrected chi connectivity index (χ3v) is 4.21. The van der Waals surface area contributed by atoms with Crippen LogP contribution in [-0.4, -0.2) is 32.7 Å². The number of benzene rings is 1. The fourth-order valence-electron chi connectivity index (χ4n) is 3.16. The van der Waals surface area contributed by atoms with Gasteiger partial charge in [0.25, 0.3) is 5.91 Å². The summed E-state index contributed by atoms with van der Waals surface area (Å²) >= 11 is 0. The summed E-state index contributed by atoms with van der Waals surface area (Å²) in [6, 6.07) is 7.57. The van der Waals surface area contributed by atoms with Crippen molar-refractivity contribution in [2.24, 2.45) is 0 Å².